The van der Waals surface area contributed by atoms with E-state index in [9.17, 15) is 14.7 Å². The lowest BCUT2D eigenvalue weighted by atomic mass is 9.82. The Morgan fingerprint density at radius 3 is 2.65 bits per heavy atom. The summed E-state index contributed by atoms with van der Waals surface area (Å²) in [6, 6.07) is 0.0465. The Balaban J connectivity index is 1.76. The minimum absolute atomic E-state index is 0.0465. The molecule has 5 heteroatoms. The Kier molecular flexibility index (Phi) is 5.02. The van der Waals surface area contributed by atoms with Gasteiger partial charge in [-0.05, 0) is 19.3 Å². The lowest BCUT2D eigenvalue weighted by Crippen LogP contribution is -2.43. The van der Waals surface area contributed by atoms with E-state index in [-0.39, 0.29) is 24.3 Å². The molecule has 1 atom stereocenters. The van der Waals surface area contributed by atoms with Crippen molar-refractivity contribution < 1.29 is 14.7 Å². The maximum Gasteiger partial charge on any atom is 0.223 e. The van der Waals surface area contributed by atoms with Gasteiger partial charge in [0.1, 0.15) is 0 Å². The molecule has 2 N–H and O–H groups in total. The van der Waals surface area contributed by atoms with Gasteiger partial charge in [-0.15, -0.1) is 0 Å². The van der Waals surface area contributed by atoms with Crippen molar-refractivity contribution in [2.24, 2.45) is 0 Å². The first-order valence-electron chi connectivity index (χ1n) is 7.82. The summed E-state index contributed by atoms with van der Waals surface area (Å²) < 4.78 is 0. The second-order valence-electron chi connectivity index (χ2n) is 6.21. The second kappa shape index (κ2) is 6.57. The first kappa shape index (κ1) is 15.3. The summed E-state index contributed by atoms with van der Waals surface area (Å²) in [6.07, 6.45) is 6.15. The van der Waals surface area contributed by atoms with E-state index in [0.717, 1.165) is 45.1 Å². The van der Waals surface area contributed by atoms with Crippen molar-refractivity contribution in [3.05, 3.63) is 0 Å². The molecular formula is C15H26N2O3. The Labute approximate surface area is 120 Å². The van der Waals surface area contributed by atoms with Gasteiger partial charge < -0.3 is 15.3 Å². The van der Waals surface area contributed by atoms with Gasteiger partial charge in [0.05, 0.1) is 12.0 Å². The highest BCUT2D eigenvalue weighted by Crippen LogP contribution is 2.30. The van der Waals surface area contributed by atoms with Crippen molar-refractivity contribution in [1.29, 1.82) is 0 Å². The number of likely N-dealkylation sites (tertiary alicyclic amines) is 1. The molecule has 1 saturated carbocycles. The fourth-order valence-electron chi connectivity index (χ4n) is 3.29. The van der Waals surface area contributed by atoms with Crippen LogP contribution in [0.1, 0.15) is 58.3 Å². The van der Waals surface area contributed by atoms with Crippen LogP contribution in [0.2, 0.25) is 0 Å². The fourth-order valence-corrected chi connectivity index (χ4v) is 3.29. The van der Waals surface area contributed by atoms with Gasteiger partial charge in [0, 0.05) is 25.6 Å². The van der Waals surface area contributed by atoms with E-state index >= 15 is 0 Å². The molecule has 114 valence electrons. The lowest BCUT2D eigenvalue weighted by molar-refractivity contribution is -0.131. The van der Waals surface area contributed by atoms with E-state index in [1.165, 1.54) is 0 Å². The molecule has 1 unspecified atom stereocenters. The molecule has 1 heterocycles. The maximum absolute atomic E-state index is 12.0. The number of carbonyl (C=O) groups excluding carboxylic acids is 2. The summed E-state index contributed by atoms with van der Waals surface area (Å²) in [5, 5.41) is 13.3. The van der Waals surface area contributed by atoms with Gasteiger partial charge in [-0.25, -0.2) is 0 Å². The summed E-state index contributed by atoms with van der Waals surface area (Å²) >= 11 is 0. The van der Waals surface area contributed by atoms with Crippen LogP contribution >= 0.6 is 0 Å². The monoisotopic (exact) mass is 282 g/mol. The molecule has 0 aromatic heterocycles. The highest BCUT2D eigenvalue weighted by molar-refractivity contribution is 5.78. The number of hydrogen-bond donors (Lipinski definition) is 2. The minimum Gasteiger partial charge on any atom is -0.389 e. The molecule has 2 rings (SSSR count). The van der Waals surface area contributed by atoms with Crippen LogP contribution in [-0.2, 0) is 9.59 Å². The normalized spacial score (nSPS) is 25.5. The summed E-state index contributed by atoms with van der Waals surface area (Å²) in [4.78, 5) is 25.4. The molecule has 1 aliphatic heterocycles. The summed E-state index contributed by atoms with van der Waals surface area (Å²) in [7, 11) is 0. The SMILES string of the molecule is CCC(=O)N1CCC(NC(=O)CC2(O)CCCCC2)C1. The summed E-state index contributed by atoms with van der Waals surface area (Å²) in [5.41, 5.74) is -0.806. The smallest absolute Gasteiger partial charge is 0.223 e. The van der Waals surface area contributed by atoms with E-state index in [0.29, 0.717) is 13.0 Å². The third kappa shape index (κ3) is 3.95. The standard InChI is InChI=1S/C15H26N2O3/c1-2-14(19)17-9-6-12(11-17)16-13(18)10-15(20)7-4-3-5-8-15/h12,20H,2-11H2,1H3,(H,16,18). The number of nitrogens with one attached hydrogen (secondary N) is 1. The average molecular weight is 282 g/mol. The highest BCUT2D eigenvalue weighted by atomic mass is 16.3. The van der Waals surface area contributed by atoms with E-state index in [1.54, 1.807) is 4.90 Å². The van der Waals surface area contributed by atoms with Crippen LogP contribution in [0.25, 0.3) is 0 Å². The van der Waals surface area contributed by atoms with Gasteiger partial charge in [-0.2, -0.15) is 0 Å². The van der Waals surface area contributed by atoms with Crippen LogP contribution < -0.4 is 5.32 Å². The van der Waals surface area contributed by atoms with Crippen molar-refractivity contribution in [3.8, 4) is 0 Å². The quantitative estimate of drug-likeness (QED) is 0.814. The number of amides is 2. The zero-order valence-electron chi connectivity index (χ0n) is 12.4. The predicted molar refractivity (Wildman–Crippen MR) is 76.1 cm³/mol. The number of hydrogen-bond acceptors (Lipinski definition) is 3. The van der Waals surface area contributed by atoms with Gasteiger partial charge in [0.25, 0.3) is 0 Å². The van der Waals surface area contributed by atoms with E-state index in [2.05, 4.69) is 5.32 Å². The highest BCUT2D eigenvalue weighted by Gasteiger charge is 2.33. The zero-order valence-corrected chi connectivity index (χ0v) is 12.4. The van der Waals surface area contributed by atoms with Crippen LogP contribution in [0.3, 0.4) is 0 Å². The largest absolute Gasteiger partial charge is 0.389 e. The Hall–Kier alpha value is -1.10. The predicted octanol–water partition coefficient (Wildman–Crippen LogP) is 1.20. The summed E-state index contributed by atoms with van der Waals surface area (Å²) in [6.45, 7) is 3.19. The lowest BCUT2D eigenvalue weighted by Gasteiger charge is -2.31. The van der Waals surface area contributed by atoms with Crippen molar-refractivity contribution in [1.82, 2.24) is 10.2 Å². The summed E-state index contributed by atoms with van der Waals surface area (Å²) in [5.74, 6) is 0.0675. The van der Waals surface area contributed by atoms with Crippen molar-refractivity contribution in [2.75, 3.05) is 13.1 Å². The molecule has 2 aliphatic rings. The van der Waals surface area contributed by atoms with Gasteiger partial charge in [-0.3, -0.25) is 9.59 Å². The number of aliphatic hydroxyl groups is 1. The van der Waals surface area contributed by atoms with Crippen LogP contribution in [0.15, 0.2) is 0 Å². The average Bonchev–Trinajstić information content (AvgIpc) is 2.86. The maximum atomic E-state index is 12.0. The molecule has 1 aliphatic carbocycles. The molecule has 5 nitrogen and oxygen atoms in total. The fraction of sp³-hybridized carbons (Fsp3) is 0.867. The Bertz CT molecular complexity index is 364. The Morgan fingerprint density at radius 2 is 2.00 bits per heavy atom. The molecule has 2 amide bonds. The van der Waals surface area contributed by atoms with Crippen LogP contribution in [0.4, 0.5) is 0 Å². The molecule has 0 aromatic rings. The third-order valence-electron chi connectivity index (χ3n) is 4.48. The Morgan fingerprint density at radius 1 is 1.30 bits per heavy atom. The van der Waals surface area contributed by atoms with E-state index in [4.69, 9.17) is 0 Å². The van der Waals surface area contributed by atoms with Gasteiger partial charge in [0.15, 0.2) is 0 Å². The molecule has 20 heavy (non-hydrogen) atoms. The van der Waals surface area contributed by atoms with Gasteiger partial charge in [0.2, 0.25) is 11.8 Å². The van der Waals surface area contributed by atoms with E-state index < -0.39 is 5.60 Å². The molecule has 1 saturated heterocycles. The molecule has 0 spiro atoms. The number of carbonyl (C=O) groups is 2. The minimum atomic E-state index is -0.806. The topological polar surface area (TPSA) is 69.6 Å². The molecular weight excluding hydrogens is 256 g/mol. The number of rotatable bonds is 4. The van der Waals surface area contributed by atoms with Crippen molar-refractivity contribution in [3.63, 3.8) is 0 Å². The van der Waals surface area contributed by atoms with Gasteiger partial charge in [-0.1, -0.05) is 26.2 Å². The van der Waals surface area contributed by atoms with Crippen LogP contribution in [0, 0.1) is 0 Å². The van der Waals surface area contributed by atoms with Crippen LogP contribution in [0.5, 0.6) is 0 Å². The first-order valence-corrected chi connectivity index (χ1v) is 7.82. The molecule has 0 aromatic carbocycles. The first-order chi connectivity index (χ1) is 9.52. The van der Waals surface area contributed by atoms with Crippen molar-refractivity contribution in [2.45, 2.75) is 69.9 Å². The molecule has 0 bridgehead atoms. The van der Waals surface area contributed by atoms with Gasteiger partial charge >= 0.3 is 0 Å². The van der Waals surface area contributed by atoms with Crippen molar-refractivity contribution >= 4 is 11.8 Å². The zero-order chi connectivity index (χ0) is 14.6. The van der Waals surface area contributed by atoms with E-state index in [1.807, 2.05) is 6.92 Å². The second-order valence-corrected chi connectivity index (χ2v) is 6.21. The molecule has 2 fully saturated rings. The third-order valence-corrected chi connectivity index (χ3v) is 4.48. The number of nitrogens with zero attached hydrogens (tertiary/aromatic N) is 1. The molecule has 0 radical (unpaired) electrons. The van der Waals surface area contributed by atoms with Crippen LogP contribution in [-0.4, -0.2) is 46.6 Å².